The summed E-state index contributed by atoms with van der Waals surface area (Å²) < 4.78 is 0. The van der Waals surface area contributed by atoms with E-state index in [0.29, 0.717) is 0 Å². The molecule has 0 aromatic carbocycles. The minimum absolute atomic E-state index is 0.0733. The Morgan fingerprint density at radius 2 is 1.93 bits per heavy atom. The van der Waals surface area contributed by atoms with Gasteiger partial charge in [0.1, 0.15) is 11.4 Å². The molecule has 0 aliphatic carbocycles. The summed E-state index contributed by atoms with van der Waals surface area (Å²) in [6, 6.07) is 0. The molecule has 0 unspecified atom stereocenters. The fourth-order valence-corrected chi connectivity index (χ4v) is 1.32. The Labute approximate surface area is 76.7 Å². The first-order chi connectivity index (χ1) is 6.58. The fourth-order valence-electron chi connectivity index (χ4n) is 1.32. The minimum atomic E-state index is -0.656. The summed E-state index contributed by atoms with van der Waals surface area (Å²) in [6.45, 7) is 0. The predicted octanol–water partition coefficient (Wildman–Crippen LogP) is -2.15. The average Bonchev–Trinajstić information content (AvgIpc) is 1.99. The zero-order chi connectivity index (χ0) is 10.3. The van der Waals surface area contributed by atoms with E-state index in [-0.39, 0.29) is 23.5 Å². The van der Waals surface area contributed by atoms with Crippen molar-refractivity contribution in [1.82, 2.24) is 9.97 Å². The van der Waals surface area contributed by atoms with Gasteiger partial charge in [0.2, 0.25) is 0 Å². The van der Waals surface area contributed by atoms with E-state index in [1.54, 1.807) is 0 Å². The van der Waals surface area contributed by atoms with Crippen molar-refractivity contribution in [2.75, 3.05) is 0 Å². The van der Waals surface area contributed by atoms with E-state index in [4.69, 9.17) is 5.73 Å². The van der Waals surface area contributed by atoms with Gasteiger partial charge in [0.25, 0.3) is 11.5 Å². The average molecular weight is 194 g/mol. The van der Waals surface area contributed by atoms with Crippen molar-refractivity contribution in [2.24, 2.45) is 10.7 Å². The van der Waals surface area contributed by atoms with Gasteiger partial charge in [-0.1, -0.05) is 0 Å². The maximum atomic E-state index is 11.3. The molecule has 1 aromatic heterocycles. The highest BCUT2D eigenvalue weighted by atomic mass is 16.2. The number of hydrogen-bond donors (Lipinski definition) is 3. The van der Waals surface area contributed by atoms with Crippen molar-refractivity contribution in [2.45, 2.75) is 6.42 Å². The second kappa shape index (κ2) is 2.66. The van der Waals surface area contributed by atoms with Crippen LogP contribution in [0.5, 0.6) is 0 Å². The standard InChI is InChI=1S/C7H6N4O3/c8-5-4-2(1-3(12)10-5)9-7(14)11-6(4)13/h1H2,(H2,8,10,12)(H2,9,11,13,14). The van der Waals surface area contributed by atoms with Crippen LogP contribution < -0.4 is 17.0 Å². The molecule has 0 saturated carbocycles. The molecule has 72 valence electrons. The number of hydrogen-bond acceptors (Lipinski definition) is 4. The van der Waals surface area contributed by atoms with E-state index < -0.39 is 17.2 Å². The molecule has 7 heteroatoms. The van der Waals surface area contributed by atoms with E-state index in [9.17, 15) is 14.4 Å². The van der Waals surface area contributed by atoms with Crippen LogP contribution in [0.4, 0.5) is 0 Å². The lowest BCUT2D eigenvalue weighted by Gasteiger charge is -2.09. The van der Waals surface area contributed by atoms with Crippen molar-refractivity contribution in [3.05, 3.63) is 32.1 Å². The molecule has 0 bridgehead atoms. The molecule has 1 aromatic rings. The number of amidine groups is 1. The van der Waals surface area contributed by atoms with Crippen molar-refractivity contribution < 1.29 is 4.79 Å². The van der Waals surface area contributed by atoms with Crippen LogP contribution in [-0.2, 0) is 11.2 Å². The second-order valence-corrected chi connectivity index (χ2v) is 2.83. The van der Waals surface area contributed by atoms with Gasteiger partial charge in [-0.15, -0.1) is 0 Å². The maximum absolute atomic E-state index is 11.3. The van der Waals surface area contributed by atoms with E-state index in [1.807, 2.05) is 4.98 Å². The number of aliphatic imine (C=N–C) groups is 1. The molecular formula is C7H6N4O3. The molecule has 1 amide bonds. The van der Waals surface area contributed by atoms with E-state index in [0.717, 1.165) is 0 Å². The van der Waals surface area contributed by atoms with E-state index >= 15 is 0 Å². The van der Waals surface area contributed by atoms with Crippen molar-refractivity contribution in [3.63, 3.8) is 0 Å². The normalized spacial score (nSPS) is 14.9. The Hall–Kier alpha value is -2.18. The summed E-state index contributed by atoms with van der Waals surface area (Å²) in [5.74, 6) is -0.634. The molecule has 0 spiro atoms. The number of aromatic nitrogens is 2. The zero-order valence-electron chi connectivity index (χ0n) is 6.96. The van der Waals surface area contributed by atoms with Gasteiger partial charge in [-0.2, -0.15) is 4.99 Å². The molecular weight excluding hydrogens is 188 g/mol. The molecule has 7 nitrogen and oxygen atoms in total. The number of H-pyrrole nitrogens is 2. The molecule has 1 aliphatic heterocycles. The van der Waals surface area contributed by atoms with Gasteiger partial charge in [-0.25, -0.2) is 4.79 Å². The van der Waals surface area contributed by atoms with Gasteiger partial charge >= 0.3 is 5.69 Å². The number of nitrogens with two attached hydrogens (primary N) is 1. The molecule has 0 saturated heterocycles. The lowest BCUT2D eigenvalue weighted by Crippen LogP contribution is -2.37. The van der Waals surface area contributed by atoms with Crippen LogP contribution in [0, 0.1) is 0 Å². The number of rotatable bonds is 0. The molecule has 0 fully saturated rings. The highest BCUT2D eigenvalue weighted by molar-refractivity contribution is 6.08. The molecule has 4 N–H and O–H groups in total. The maximum Gasteiger partial charge on any atom is 0.325 e. The van der Waals surface area contributed by atoms with Crippen LogP contribution in [0.3, 0.4) is 0 Å². The summed E-state index contributed by atoms with van der Waals surface area (Å²) >= 11 is 0. The molecule has 14 heavy (non-hydrogen) atoms. The third-order valence-corrected chi connectivity index (χ3v) is 1.85. The Balaban J connectivity index is 2.82. The lowest BCUT2D eigenvalue weighted by molar-refractivity contribution is -0.117. The van der Waals surface area contributed by atoms with Crippen LogP contribution in [0.15, 0.2) is 14.6 Å². The number of aromatic amines is 2. The van der Waals surface area contributed by atoms with Crippen LogP contribution in [0.2, 0.25) is 0 Å². The van der Waals surface area contributed by atoms with Gasteiger partial charge in [0.05, 0.1) is 6.42 Å². The zero-order valence-corrected chi connectivity index (χ0v) is 6.96. The van der Waals surface area contributed by atoms with Gasteiger partial charge < -0.3 is 10.7 Å². The SMILES string of the molecule is NC1=NC(=O)Cc2[nH]c(=O)[nH]c(=O)c21. The highest BCUT2D eigenvalue weighted by Gasteiger charge is 2.21. The number of nitrogens with one attached hydrogen (secondary N) is 2. The molecule has 0 radical (unpaired) electrons. The summed E-state index contributed by atoms with van der Waals surface area (Å²) in [6.07, 6.45) is -0.102. The summed E-state index contributed by atoms with van der Waals surface area (Å²) in [5.41, 5.74) is 4.38. The Morgan fingerprint density at radius 1 is 1.21 bits per heavy atom. The molecule has 2 rings (SSSR count). The monoisotopic (exact) mass is 194 g/mol. The summed E-state index contributed by atoms with van der Waals surface area (Å²) in [7, 11) is 0. The van der Waals surface area contributed by atoms with Crippen LogP contribution in [0.25, 0.3) is 0 Å². The summed E-state index contributed by atoms with van der Waals surface area (Å²) in [4.78, 5) is 40.9. The predicted molar refractivity (Wildman–Crippen MR) is 47.1 cm³/mol. The Kier molecular flexibility index (Phi) is 1.60. The first-order valence-electron chi connectivity index (χ1n) is 3.81. The van der Waals surface area contributed by atoms with E-state index in [2.05, 4.69) is 9.98 Å². The molecule has 0 atom stereocenters. The van der Waals surface area contributed by atoms with Crippen molar-refractivity contribution >= 4 is 11.7 Å². The smallest absolute Gasteiger partial charge is 0.325 e. The number of amides is 1. The first kappa shape index (κ1) is 8.42. The van der Waals surface area contributed by atoms with Gasteiger partial charge in [-0.3, -0.25) is 14.6 Å². The van der Waals surface area contributed by atoms with Gasteiger partial charge in [-0.05, 0) is 0 Å². The number of nitrogens with zero attached hydrogens (tertiary/aromatic N) is 1. The van der Waals surface area contributed by atoms with Crippen LogP contribution in [-0.4, -0.2) is 21.7 Å². The Bertz CT molecular complexity index is 551. The topological polar surface area (TPSA) is 121 Å². The van der Waals surface area contributed by atoms with Crippen LogP contribution >= 0.6 is 0 Å². The third-order valence-electron chi connectivity index (χ3n) is 1.85. The quantitative estimate of drug-likeness (QED) is 0.436. The van der Waals surface area contributed by atoms with Gasteiger partial charge in [0, 0.05) is 5.69 Å². The lowest BCUT2D eigenvalue weighted by atomic mass is 10.1. The molecule has 1 aliphatic rings. The van der Waals surface area contributed by atoms with Crippen LogP contribution in [0.1, 0.15) is 11.3 Å². The Morgan fingerprint density at radius 3 is 2.64 bits per heavy atom. The van der Waals surface area contributed by atoms with Crippen molar-refractivity contribution in [3.8, 4) is 0 Å². The first-order valence-corrected chi connectivity index (χ1v) is 3.81. The highest BCUT2D eigenvalue weighted by Crippen LogP contribution is 2.05. The van der Waals surface area contributed by atoms with Crippen molar-refractivity contribution in [1.29, 1.82) is 0 Å². The fraction of sp³-hybridized carbons (Fsp3) is 0.143. The largest absolute Gasteiger partial charge is 0.383 e. The number of carbonyl (C=O) groups is 1. The number of carbonyl (C=O) groups excluding carboxylic acids is 1. The minimum Gasteiger partial charge on any atom is -0.383 e. The van der Waals surface area contributed by atoms with E-state index in [1.165, 1.54) is 0 Å². The second-order valence-electron chi connectivity index (χ2n) is 2.83. The number of fused-ring (bicyclic) bond motifs is 1. The van der Waals surface area contributed by atoms with Gasteiger partial charge in [0.15, 0.2) is 0 Å². The summed E-state index contributed by atoms with van der Waals surface area (Å²) in [5, 5.41) is 0. The third kappa shape index (κ3) is 1.15. The molecule has 2 heterocycles.